The Morgan fingerprint density at radius 2 is 1.26 bits per heavy atom. The fourth-order valence-electron chi connectivity index (χ4n) is 1.97. The molecule has 0 heterocycles. The lowest BCUT2D eigenvalue weighted by Crippen LogP contribution is -1.87. The molecule has 0 bridgehead atoms. The van der Waals surface area contributed by atoms with Gasteiger partial charge < -0.3 is 24.8 Å². The van der Waals surface area contributed by atoms with Crippen LogP contribution in [-0.2, 0) is 0 Å². The summed E-state index contributed by atoms with van der Waals surface area (Å²) >= 11 is 0. The molecule has 0 saturated carbocycles. The molecule has 0 aromatic heterocycles. The number of benzene rings is 3. The van der Waals surface area contributed by atoms with Gasteiger partial charge in [-0.15, -0.1) is 0 Å². The van der Waals surface area contributed by atoms with Crippen molar-refractivity contribution in [2.24, 2.45) is 0 Å². The van der Waals surface area contributed by atoms with E-state index in [1.165, 1.54) is 30.3 Å². The van der Waals surface area contributed by atoms with Crippen molar-refractivity contribution in [3.8, 4) is 40.2 Å². The summed E-state index contributed by atoms with van der Waals surface area (Å²) in [6, 6.07) is 17.2. The van der Waals surface area contributed by atoms with Crippen LogP contribution < -0.4 is 9.47 Å². The van der Waals surface area contributed by atoms with Crippen LogP contribution in [0.3, 0.4) is 0 Å². The molecule has 0 amide bonds. The molecule has 3 aromatic carbocycles. The normalized spacial score (nSPS) is 10.3. The second kappa shape index (κ2) is 6.19. The van der Waals surface area contributed by atoms with Crippen LogP contribution in [0.1, 0.15) is 0 Å². The van der Waals surface area contributed by atoms with E-state index >= 15 is 0 Å². The summed E-state index contributed by atoms with van der Waals surface area (Å²) in [6.45, 7) is 0. The summed E-state index contributed by atoms with van der Waals surface area (Å²) in [4.78, 5) is 0. The second-order valence-electron chi connectivity index (χ2n) is 4.82. The topological polar surface area (TPSA) is 79.2 Å². The Labute approximate surface area is 132 Å². The zero-order valence-corrected chi connectivity index (χ0v) is 12.0. The molecule has 5 heteroatoms. The number of aromatic hydroxyl groups is 3. The highest BCUT2D eigenvalue weighted by atomic mass is 16.5. The van der Waals surface area contributed by atoms with Crippen LogP contribution in [0.25, 0.3) is 0 Å². The summed E-state index contributed by atoms with van der Waals surface area (Å²) in [5.41, 5.74) is 0. The van der Waals surface area contributed by atoms with Gasteiger partial charge in [0.2, 0.25) is 0 Å². The second-order valence-corrected chi connectivity index (χ2v) is 4.82. The van der Waals surface area contributed by atoms with E-state index in [0.29, 0.717) is 17.2 Å². The molecule has 0 unspecified atom stereocenters. The van der Waals surface area contributed by atoms with Crippen molar-refractivity contribution in [2.45, 2.75) is 0 Å². The van der Waals surface area contributed by atoms with E-state index in [1.54, 1.807) is 36.4 Å². The first-order valence-electron chi connectivity index (χ1n) is 6.87. The van der Waals surface area contributed by atoms with E-state index in [-0.39, 0.29) is 23.0 Å². The van der Waals surface area contributed by atoms with Crippen LogP contribution in [0.15, 0.2) is 66.7 Å². The highest BCUT2D eigenvalue weighted by molar-refractivity contribution is 5.48. The lowest BCUT2D eigenvalue weighted by Gasteiger charge is -2.10. The van der Waals surface area contributed by atoms with Gasteiger partial charge in [0.1, 0.15) is 28.7 Å². The minimum atomic E-state index is -0.0929. The van der Waals surface area contributed by atoms with Crippen LogP contribution in [-0.4, -0.2) is 15.3 Å². The molecular formula is C18H14O5. The molecular weight excluding hydrogens is 296 g/mol. The smallest absolute Gasteiger partial charge is 0.169 e. The monoisotopic (exact) mass is 310 g/mol. The van der Waals surface area contributed by atoms with Gasteiger partial charge in [-0.25, -0.2) is 0 Å². The third-order valence-electron chi connectivity index (χ3n) is 3.05. The van der Waals surface area contributed by atoms with Gasteiger partial charge in [0.25, 0.3) is 0 Å². The number of hydrogen-bond acceptors (Lipinski definition) is 5. The Morgan fingerprint density at radius 1 is 0.565 bits per heavy atom. The summed E-state index contributed by atoms with van der Waals surface area (Å²) < 4.78 is 11.1. The summed E-state index contributed by atoms with van der Waals surface area (Å²) in [5, 5.41) is 28.7. The molecule has 3 rings (SSSR count). The molecule has 116 valence electrons. The van der Waals surface area contributed by atoms with Gasteiger partial charge in [0, 0.05) is 12.1 Å². The van der Waals surface area contributed by atoms with Crippen molar-refractivity contribution in [3.63, 3.8) is 0 Å². The molecule has 0 aliphatic heterocycles. The quantitative estimate of drug-likeness (QED) is 0.666. The van der Waals surface area contributed by atoms with Crippen molar-refractivity contribution in [2.75, 3.05) is 0 Å². The average Bonchev–Trinajstić information content (AvgIpc) is 2.52. The van der Waals surface area contributed by atoms with Crippen LogP contribution >= 0.6 is 0 Å². The number of phenols is 3. The van der Waals surface area contributed by atoms with Crippen LogP contribution in [0.5, 0.6) is 40.2 Å². The minimum Gasteiger partial charge on any atom is -0.508 e. The zero-order chi connectivity index (χ0) is 16.2. The predicted octanol–water partition coefficient (Wildman–Crippen LogP) is 4.39. The summed E-state index contributed by atoms with van der Waals surface area (Å²) in [6.07, 6.45) is 0. The van der Waals surface area contributed by atoms with Crippen LogP contribution in [0.2, 0.25) is 0 Å². The van der Waals surface area contributed by atoms with E-state index in [2.05, 4.69) is 0 Å². The maximum Gasteiger partial charge on any atom is 0.169 e. The van der Waals surface area contributed by atoms with Gasteiger partial charge in [-0.1, -0.05) is 6.07 Å². The summed E-state index contributed by atoms with van der Waals surface area (Å²) in [7, 11) is 0. The van der Waals surface area contributed by atoms with Crippen molar-refractivity contribution in [3.05, 3.63) is 66.7 Å². The largest absolute Gasteiger partial charge is 0.508 e. The minimum absolute atomic E-state index is 0.0780. The molecule has 0 atom stereocenters. The third-order valence-corrected chi connectivity index (χ3v) is 3.05. The van der Waals surface area contributed by atoms with E-state index in [4.69, 9.17) is 9.47 Å². The van der Waals surface area contributed by atoms with E-state index < -0.39 is 0 Å². The van der Waals surface area contributed by atoms with Gasteiger partial charge in [-0.05, 0) is 48.5 Å². The third kappa shape index (κ3) is 3.65. The predicted molar refractivity (Wildman–Crippen MR) is 84.5 cm³/mol. The number of phenolic OH excluding ortho intramolecular Hbond substituents is 3. The van der Waals surface area contributed by atoms with Gasteiger partial charge in [-0.2, -0.15) is 0 Å². The Balaban J connectivity index is 1.76. The van der Waals surface area contributed by atoms with Crippen LogP contribution in [0, 0.1) is 0 Å². The number of rotatable bonds is 4. The molecule has 3 aromatic rings. The Kier molecular flexibility index (Phi) is 3.93. The molecule has 0 spiro atoms. The molecule has 0 aliphatic carbocycles. The van der Waals surface area contributed by atoms with Gasteiger partial charge in [0.05, 0.1) is 0 Å². The van der Waals surface area contributed by atoms with Crippen molar-refractivity contribution in [1.29, 1.82) is 0 Å². The summed E-state index contributed by atoms with van der Waals surface area (Å²) in [5.74, 6) is 1.75. The fraction of sp³-hybridized carbons (Fsp3) is 0. The Bertz CT molecular complexity index is 812. The first-order valence-corrected chi connectivity index (χ1v) is 6.87. The zero-order valence-electron chi connectivity index (χ0n) is 12.0. The molecule has 3 N–H and O–H groups in total. The Morgan fingerprint density at radius 3 is 1.96 bits per heavy atom. The standard InChI is InChI=1S/C18H14O5/c19-12-4-6-14(7-5-12)22-16-8-9-18(17(21)11-16)23-15-3-1-2-13(20)10-15/h1-11,19-21H. The maximum atomic E-state index is 10.0. The SMILES string of the molecule is Oc1ccc(Oc2ccc(Oc3cccc(O)c3)c(O)c2)cc1. The molecule has 23 heavy (non-hydrogen) atoms. The average molecular weight is 310 g/mol. The first kappa shape index (κ1) is 14.6. The molecule has 0 fully saturated rings. The van der Waals surface area contributed by atoms with Crippen molar-refractivity contribution >= 4 is 0 Å². The van der Waals surface area contributed by atoms with E-state index in [0.717, 1.165) is 0 Å². The lowest BCUT2D eigenvalue weighted by atomic mass is 10.3. The molecule has 0 radical (unpaired) electrons. The first-order chi connectivity index (χ1) is 11.1. The van der Waals surface area contributed by atoms with E-state index in [9.17, 15) is 15.3 Å². The highest BCUT2D eigenvalue weighted by Gasteiger charge is 2.07. The van der Waals surface area contributed by atoms with Gasteiger partial charge in [-0.3, -0.25) is 0 Å². The molecule has 0 saturated heterocycles. The van der Waals surface area contributed by atoms with Gasteiger partial charge in [0.15, 0.2) is 11.5 Å². The molecule has 5 nitrogen and oxygen atoms in total. The number of hydrogen-bond donors (Lipinski definition) is 3. The number of ether oxygens (including phenoxy) is 2. The lowest BCUT2D eigenvalue weighted by molar-refractivity contribution is 0.402. The Hall–Kier alpha value is -3.34. The van der Waals surface area contributed by atoms with Crippen molar-refractivity contribution < 1.29 is 24.8 Å². The van der Waals surface area contributed by atoms with Crippen molar-refractivity contribution in [1.82, 2.24) is 0 Å². The van der Waals surface area contributed by atoms with Gasteiger partial charge >= 0.3 is 0 Å². The van der Waals surface area contributed by atoms with Crippen LogP contribution in [0.4, 0.5) is 0 Å². The highest BCUT2D eigenvalue weighted by Crippen LogP contribution is 2.36. The molecule has 0 aliphatic rings. The fourth-order valence-corrected chi connectivity index (χ4v) is 1.97. The van der Waals surface area contributed by atoms with E-state index in [1.807, 2.05) is 0 Å². The maximum absolute atomic E-state index is 10.0.